The van der Waals surface area contributed by atoms with Crippen LogP contribution in [0.4, 0.5) is 0 Å². The van der Waals surface area contributed by atoms with Gasteiger partial charge in [0.25, 0.3) is 0 Å². The van der Waals surface area contributed by atoms with Gasteiger partial charge in [-0.2, -0.15) is 0 Å². The summed E-state index contributed by atoms with van der Waals surface area (Å²) in [6, 6.07) is 1.93. The van der Waals surface area contributed by atoms with Crippen LogP contribution in [0.25, 0.3) is 5.65 Å². The number of halogens is 1. The van der Waals surface area contributed by atoms with Crippen LogP contribution in [0.1, 0.15) is 31.2 Å². The molecule has 0 aromatic carbocycles. The van der Waals surface area contributed by atoms with Crippen LogP contribution in [0.5, 0.6) is 0 Å². The topological polar surface area (TPSA) is 43.1 Å². The summed E-state index contributed by atoms with van der Waals surface area (Å²) in [6.45, 7) is 5.98. The lowest BCUT2D eigenvalue weighted by atomic mass is 10.1. The van der Waals surface area contributed by atoms with E-state index in [9.17, 15) is 0 Å². The van der Waals surface area contributed by atoms with Gasteiger partial charge in [0.05, 0.1) is 0 Å². The van der Waals surface area contributed by atoms with E-state index in [0.29, 0.717) is 16.9 Å². The summed E-state index contributed by atoms with van der Waals surface area (Å²) in [5.74, 6) is 1.05. The van der Waals surface area contributed by atoms with E-state index in [1.807, 2.05) is 13.0 Å². The Morgan fingerprint density at radius 2 is 2.07 bits per heavy atom. The molecule has 0 spiro atoms. The van der Waals surface area contributed by atoms with Crippen LogP contribution in [0, 0.1) is 6.92 Å². The number of hydrogen-bond acceptors (Lipinski definition) is 3. The van der Waals surface area contributed by atoms with E-state index in [-0.39, 0.29) is 0 Å². The molecule has 5 heteroatoms. The zero-order valence-corrected chi connectivity index (χ0v) is 9.08. The van der Waals surface area contributed by atoms with Gasteiger partial charge in [-0.15, -0.1) is 14.8 Å². The summed E-state index contributed by atoms with van der Waals surface area (Å²) < 4.78 is 1.46. The minimum absolute atomic E-state index is 0.344. The number of aromatic nitrogens is 4. The summed E-state index contributed by atoms with van der Waals surface area (Å²) in [5.41, 5.74) is 1.75. The van der Waals surface area contributed by atoms with E-state index in [0.717, 1.165) is 11.2 Å². The van der Waals surface area contributed by atoms with Gasteiger partial charge in [-0.05, 0) is 24.5 Å². The van der Waals surface area contributed by atoms with Crippen molar-refractivity contribution in [3.8, 4) is 0 Å². The second kappa shape index (κ2) is 3.20. The minimum atomic E-state index is 0.344. The van der Waals surface area contributed by atoms with Crippen LogP contribution < -0.4 is 0 Å². The van der Waals surface area contributed by atoms with E-state index in [2.05, 4.69) is 29.0 Å². The van der Waals surface area contributed by atoms with Crippen molar-refractivity contribution in [2.45, 2.75) is 26.7 Å². The van der Waals surface area contributed by atoms with E-state index in [4.69, 9.17) is 11.6 Å². The number of rotatable bonds is 1. The molecule has 2 heterocycles. The van der Waals surface area contributed by atoms with Gasteiger partial charge < -0.3 is 0 Å². The van der Waals surface area contributed by atoms with Crippen LogP contribution in [0.2, 0.25) is 5.15 Å². The molecule has 4 nitrogen and oxygen atoms in total. The van der Waals surface area contributed by atoms with Crippen LogP contribution in [0.3, 0.4) is 0 Å². The average Bonchev–Trinajstić information content (AvgIpc) is 2.42. The lowest BCUT2D eigenvalue weighted by Gasteiger charge is -2.05. The van der Waals surface area contributed by atoms with Gasteiger partial charge >= 0.3 is 0 Å². The van der Waals surface area contributed by atoms with Crippen molar-refractivity contribution < 1.29 is 0 Å². The maximum absolute atomic E-state index is 6.01. The predicted molar refractivity (Wildman–Crippen MR) is 54.6 cm³/mol. The van der Waals surface area contributed by atoms with Gasteiger partial charge in [0.1, 0.15) is 5.82 Å². The first-order chi connectivity index (χ1) is 6.58. The van der Waals surface area contributed by atoms with Crippen molar-refractivity contribution in [3.05, 3.63) is 22.6 Å². The van der Waals surface area contributed by atoms with Gasteiger partial charge in [0.2, 0.25) is 0 Å². The number of nitrogens with zero attached hydrogens (tertiary/aromatic N) is 4. The third-order valence-electron chi connectivity index (χ3n) is 2.05. The Kier molecular flexibility index (Phi) is 2.15. The van der Waals surface area contributed by atoms with Crippen molar-refractivity contribution in [1.82, 2.24) is 19.8 Å². The van der Waals surface area contributed by atoms with Crippen molar-refractivity contribution in [1.29, 1.82) is 0 Å². The summed E-state index contributed by atoms with van der Waals surface area (Å²) in [7, 11) is 0. The monoisotopic (exact) mass is 210 g/mol. The predicted octanol–water partition coefficient (Wildman–Crippen LogP) is 2.21. The Morgan fingerprint density at radius 3 is 2.71 bits per heavy atom. The highest BCUT2D eigenvalue weighted by atomic mass is 35.5. The molecule has 0 N–H and O–H groups in total. The van der Waals surface area contributed by atoms with Gasteiger partial charge in [-0.25, -0.2) is 4.98 Å². The molecule has 14 heavy (non-hydrogen) atoms. The Labute approximate surface area is 86.9 Å². The molecule has 0 unspecified atom stereocenters. The first kappa shape index (κ1) is 9.40. The highest BCUT2D eigenvalue weighted by molar-refractivity contribution is 6.30. The first-order valence-corrected chi connectivity index (χ1v) is 4.86. The van der Waals surface area contributed by atoms with Gasteiger partial charge in [0, 0.05) is 0 Å². The zero-order chi connectivity index (χ0) is 10.3. The molecule has 2 aromatic heterocycles. The summed E-state index contributed by atoms with van der Waals surface area (Å²) in [4.78, 5) is 4.23. The molecular weight excluding hydrogens is 200 g/mol. The smallest absolute Gasteiger partial charge is 0.176 e. The fourth-order valence-corrected chi connectivity index (χ4v) is 1.67. The van der Waals surface area contributed by atoms with Crippen molar-refractivity contribution in [2.24, 2.45) is 0 Å². The Bertz CT molecular complexity index is 475. The highest BCUT2D eigenvalue weighted by Crippen LogP contribution is 2.22. The molecule has 0 radical (unpaired) electrons. The maximum Gasteiger partial charge on any atom is 0.176 e. The summed E-state index contributed by atoms with van der Waals surface area (Å²) in [6.07, 6.45) is 0. The van der Waals surface area contributed by atoms with E-state index in [1.54, 1.807) is 0 Å². The van der Waals surface area contributed by atoms with Gasteiger partial charge in [-0.1, -0.05) is 25.4 Å². The quantitative estimate of drug-likeness (QED) is 0.725. The molecule has 0 amide bonds. The molecule has 0 saturated heterocycles. The lowest BCUT2D eigenvalue weighted by molar-refractivity contribution is 0.764. The average molecular weight is 211 g/mol. The molecule has 0 aliphatic carbocycles. The second-order valence-electron chi connectivity index (χ2n) is 3.55. The maximum atomic E-state index is 6.01. The molecule has 74 valence electrons. The number of aryl methyl sites for hydroxylation is 1. The van der Waals surface area contributed by atoms with Crippen LogP contribution >= 0.6 is 11.6 Å². The van der Waals surface area contributed by atoms with Gasteiger partial charge in [0.15, 0.2) is 10.8 Å². The summed E-state index contributed by atoms with van der Waals surface area (Å²) in [5, 5.41) is 8.71. The van der Waals surface area contributed by atoms with E-state index >= 15 is 0 Å². The SMILES string of the molecule is Cc1nc2cc(C(C)C)c(Cl)nn2n1. The molecule has 0 aliphatic rings. The third kappa shape index (κ3) is 1.46. The Balaban J connectivity index is 2.70. The molecule has 0 atom stereocenters. The van der Waals surface area contributed by atoms with Crippen LogP contribution in [0.15, 0.2) is 6.07 Å². The second-order valence-corrected chi connectivity index (χ2v) is 3.91. The van der Waals surface area contributed by atoms with Crippen molar-refractivity contribution in [2.75, 3.05) is 0 Å². The molecule has 2 aromatic rings. The Hall–Kier alpha value is -1.16. The molecule has 2 rings (SSSR count). The largest absolute Gasteiger partial charge is 0.210 e. The molecule has 0 bridgehead atoms. The lowest BCUT2D eigenvalue weighted by Crippen LogP contribution is -1.99. The van der Waals surface area contributed by atoms with Crippen LogP contribution in [-0.4, -0.2) is 19.8 Å². The normalized spacial score (nSPS) is 11.5. The summed E-state index contributed by atoms with van der Waals surface area (Å²) >= 11 is 6.01. The third-order valence-corrected chi connectivity index (χ3v) is 2.34. The molecule has 0 fully saturated rings. The van der Waals surface area contributed by atoms with Gasteiger partial charge in [-0.3, -0.25) is 0 Å². The van der Waals surface area contributed by atoms with E-state index < -0.39 is 0 Å². The number of fused-ring (bicyclic) bond motifs is 1. The number of hydrogen-bond donors (Lipinski definition) is 0. The standard InChI is InChI=1S/C9H11ClN4/c1-5(2)7-4-8-11-6(3)12-14(8)13-9(7)10/h4-5H,1-3H3. The fraction of sp³-hybridized carbons (Fsp3) is 0.444. The molecule has 0 aliphatic heterocycles. The van der Waals surface area contributed by atoms with E-state index in [1.165, 1.54) is 4.63 Å². The highest BCUT2D eigenvalue weighted by Gasteiger charge is 2.10. The van der Waals surface area contributed by atoms with Crippen molar-refractivity contribution >= 4 is 17.2 Å². The minimum Gasteiger partial charge on any atom is -0.210 e. The Morgan fingerprint density at radius 1 is 1.36 bits per heavy atom. The zero-order valence-electron chi connectivity index (χ0n) is 8.32. The first-order valence-electron chi connectivity index (χ1n) is 4.48. The van der Waals surface area contributed by atoms with Crippen molar-refractivity contribution in [3.63, 3.8) is 0 Å². The fourth-order valence-electron chi connectivity index (χ4n) is 1.33. The van der Waals surface area contributed by atoms with Crippen LogP contribution in [-0.2, 0) is 0 Å². The molecule has 0 saturated carbocycles. The molecular formula is C9H11ClN4.